The fraction of sp³-hybridized carbons (Fsp3) is 0.846. The van der Waals surface area contributed by atoms with E-state index in [1.165, 1.54) is 19.3 Å². The highest BCUT2D eigenvalue weighted by atomic mass is 16.2. The minimum absolute atomic E-state index is 0.0590. The fourth-order valence-electron chi connectivity index (χ4n) is 2.74. The molecule has 2 N–H and O–H groups in total. The summed E-state index contributed by atoms with van der Waals surface area (Å²) >= 11 is 0. The Morgan fingerprint density at radius 2 is 1.76 bits per heavy atom. The SMILES string of the molecule is O=C1NCCCCC1C(=O)NC1CCCCC1. The lowest BCUT2D eigenvalue weighted by atomic mass is 9.94. The number of hydrogen-bond acceptors (Lipinski definition) is 2. The average molecular weight is 238 g/mol. The molecule has 2 aliphatic rings. The summed E-state index contributed by atoms with van der Waals surface area (Å²) in [5.41, 5.74) is 0. The second kappa shape index (κ2) is 6.03. The van der Waals surface area contributed by atoms with Crippen LogP contribution in [0.25, 0.3) is 0 Å². The van der Waals surface area contributed by atoms with Crippen molar-refractivity contribution in [3.63, 3.8) is 0 Å². The van der Waals surface area contributed by atoms with Gasteiger partial charge in [-0.25, -0.2) is 0 Å². The van der Waals surface area contributed by atoms with Gasteiger partial charge in [-0.15, -0.1) is 0 Å². The molecule has 1 unspecified atom stereocenters. The Hall–Kier alpha value is -1.06. The molecule has 0 aromatic rings. The van der Waals surface area contributed by atoms with E-state index < -0.39 is 5.92 Å². The number of carbonyl (C=O) groups excluding carboxylic acids is 2. The molecule has 1 aliphatic carbocycles. The summed E-state index contributed by atoms with van der Waals surface area (Å²) in [5, 5.41) is 5.86. The summed E-state index contributed by atoms with van der Waals surface area (Å²) in [5.74, 6) is -0.605. The van der Waals surface area contributed by atoms with Gasteiger partial charge >= 0.3 is 0 Å². The summed E-state index contributed by atoms with van der Waals surface area (Å²) in [6.07, 6.45) is 8.45. The lowest BCUT2D eigenvalue weighted by molar-refractivity contribution is -0.135. The summed E-state index contributed by atoms with van der Waals surface area (Å²) in [7, 11) is 0. The van der Waals surface area contributed by atoms with Gasteiger partial charge in [0, 0.05) is 12.6 Å². The summed E-state index contributed by atoms with van der Waals surface area (Å²) in [6, 6.07) is 0.298. The summed E-state index contributed by atoms with van der Waals surface area (Å²) in [4.78, 5) is 23.8. The molecule has 1 saturated heterocycles. The Kier molecular flexibility index (Phi) is 4.40. The van der Waals surface area contributed by atoms with Crippen LogP contribution in [0.5, 0.6) is 0 Å². The van der Waals surface area contributed by atoms with E-state index in [4.69, 9.17) is 0 Å². The largest absolute Gasteiger partial charge is 0.355 e. The van der Waals surface area contributed by atoms with Crippen molar-refractivity contribution in [2.45, 2.75) is 57.4 Å². The first-order valence-electron chi connectivity index (χ1n) is 6.85. The molecule has 2 amide bonds. The highest BCUT2D eigenvalue weighted by Gasteiger charge is 2.29. The minimum Gasteiger partial charge on any atom is -0.355 e. The smallest absolute Gasteiger partial charge is 0.232 e. The number of carbonyl (C=O) groups is 2. The van der Waals surface area contributed by atoms with Crippen LogP contribution in [-0.2, 0) is 9.59 Å². The Bertz CT molecular complexity index is 285. The van der Waals surface area contributed by atoms with E-state index in [0.717, 1.165) is 25.7 Å². The van der Waals surface area contributed by atoms with Crippen LogP contribution in [0.4, 0.5) is 0 Å². The summed E-state index contributed by atoms with van der Waals surface area (Å²) < 4.78 is 0. The van der Waals surface area contributed by atoms with E-state index in [-0.39, 0.29) is 11.8 Å². The molecule has 0 bridgehead atoms. The van der Waals surface area contributed by atoms with E-state index >= 15 is 0 Å². The molecule has 0 aromatic heterocycles. The van der Waals surface area contributed by atoms with Crippen molar-refractivity contribution >= 4 is 11.8 Å². The van der Waals surface area contributed by atoms with Crippen molar-refractivity contribution in [3.05, 3.63) is 0 Å². The van der Waals surface area contributed by atoms with Crippen LogP contribution in [0.1, 0.15) is 51.4 Å². The third kappa shape index (κ3) is 3.45. The van der Waals surface area contributed by atoms with Crippen molar-refractivity contribution in [1.82, 2.24) is 10.6 Å². The van der Waals surface area contributed by atoms with Gasteiger partial charge in [-0.1, -0.05) is 25.7 Å². The predicted octanol–water partition coefficient (Wildman–Crippen LogP) is 1.35. The zero-order chi connectivity index (χ0) is 12.1. The third-order valence-electron chi connectivity index (χ3n) is 3.80. The molecule has 4 nitrogen and oxygen atoms in total. The lowest BCUT2D eigenvalue weighted by Gasteiger charge is -2.24. The molecule has 1 atom stereocenters. The van der Waals surface area contributed by atoms with Crippen LogP contribution >= 0.6 is 0 Å². The fourth-order valence-corrected chi connectivity index (χ4v) is 2.74. The highest BCUT2D eigenvalue weighted by molar-refractivity contribution is 6.00. The summed E-state index contributed by atoms with van der Waals surface area (Å²) in [6.45, 7) is 0.714. The van der Waals surface area contributed by atoms with Crippen LogP contribution in [0, 0.1) is 5.92 Å². The van der Waals surface area contributed by atoms with Crippen molar-refractivity contribution in [1.29, 1.82) is 0 Å². The zero-order valence-corrected chi connectivity index (χ0v) is 10.3. The van der Waals surface area contributed by atoms with E-state index in [2.05, 4.69) is 10.6 Å². The van der Waals surface area contributed by atoms with Gasteiger partial charge in [0.2, 0.25) is 11.8 Å². The van der Waals surface area contributed by atoms with Gasteiger partial charge in [0.1, 0.15) is 5.92 Å². The molecule has 1 heterocycles. The Labute approximate surface area is 103 Å². The molecule has 2 rings (SSSR count). The number of nitrogens with one attached hydrogen (secondary N) is 2. The molecular weight excluding hydrogens is 216 g/mol. The first kappa shape index (κ1) is 12.4. The van der Waals surface area contributed by atoms with Crippen molar-refractivity contribution in [3.8, 4) is 0 Å². The molecule has 1 aliphatic heterocycles. The van der Waals surface area contributed by atoms with Gasteiger partial charge in [-0.3, -0.25) is 9.59 Å². The molecule has 2 fully saturated rings. The number of rotatable bonds is 2. The van der Waals surface area contributed by atoms with Crippen molar-refractivity contribution in [2.75, 3.05) is 6.54 Å². The predicted molar refractivity (Wildman–Crippen MR) is 65.4 cm³/mol. The monoisotopic (exact) mass is 238 g/mol. The average Bonchev–Trinajstić information content (AvgIpc) is 2.55. The van der Waals surface area contributed by atoms with Crippen molar-refractivity contribution in [2.24, 2.45) is 5.92 Å². The van der Waals surface area contributed by atoms with Gasteiger partial charge in [-0.2, -0.15) is 0 Å². The molecular formula is C13H22N2O2. The van der Waals surface area contributed by atoms with Crippen LogP contribution in [0.3, 0.4) is 0 Å². The molecule has 0 spiro atoms. The van der Waals surface area contributed by atoms with Gasteiger partial charge in [0.25, 0.3) is 0 Å². The second-order valence-electron chi connectivity index (χ2n) is 5.18. The van der Waals surface area contributed by atoms with Gasteiger partial charge in [0.05, 0.1) is 0 Å². The maximum atomic E-state index is 12.1. The Morgan fingerprint density at radius 1 is 1.06 bits per heavy atom. The first-order chi connectivity index (χ1) is 8.27. The van der Waals surface area contributed by atoms with E-state index in [1.54, 1.807) is 0 Å². The van der Waals surface area contributed by atoms with Gasteiger partial charge in [0.15, 0.2) is 0 Å². The quantitative estimate of drug-likeness (QED) is 0.713. The molecule has 96 valence electrons. The lowest BCUT2D eigenvalue weighted by Crippen LogP contribution is -2.44. The van der Waals surface area contributed by atoms with E-state index in [9.17, 15) is 9.59 Å². The highest BCUT2D eigenvalue weighted by Crippen LogP contribution is 2.19. The minimum atomic E-state index is -0.459. The molecule has 4 heteroatoms. The van der Waals surface area contributed by atoms with Crippen LogP contribution in [0.2, 0.25) is 0 Å². The number of amides is 2. The Morgan fingerprint density at radius 3 is 2.53 bits per heavy atom. The van der Waals surface area contributed by atoms with Crippen LogP contribution in [0.15, 0.2) is 0 Å². The van der Waals surface area contributed by atoms with Crippen LogP contribution < -0.4 is 10.6 Å². The number of hydrogen-bond donors (Lipinski definition) is 2. The van der Waals surface area contributed by atoms with E-state index in [0.29, 0.717) is 19.0 Å². The molecule has 0 aromatic carbocycles. The van der Waals surface area contributed by atoms with Crippen molar-refractivity contribution < 1.29 is 9.59 Å². The van der Waals surface area contributed by atoms with E-state index in [1.807, 2.05) is 0 Å². The topological polar surface area (TPSA) is 58.2 Å². The molecule has 1 saturated carbocycles. The first-order valence-corrected chi connectivity index (χ1v) is 6.85. The van der Waals surface area contributed by atoms with Crippen LogP contribution in [-0.4, -0.2) is 24.4 Å². The van der Waals surface area contributed by atoms with Gasteiger partial charge in [-0.05, 0) is 25.7 Å². The standard InChI is InChI=1S/C13H22N2O2/c16-12-11(8-4-5-9-14-12)13(17)15-10-6-2-1-3-7-10/h10-11H,1-9H2,(H,14,16)(H,15,17). The maximum absolute atomic E-state index is 12.1. The Balaban J connectivity index is 1.86. The second-order valence-corrected chi connectivity index (χ2v) is 5.18. The normalized spacial score (nSPS) is 27.1. The zero-order valence-electron chi connectivity index (χ0n) is 10.3. The maximum Gasteiger partial charge on any atom is 0.232 e. The van der Waals surface area contributed by atoms with Gasteiger partial charge < -0.3 is 10.6 Å². The molecule has 0 radical (unpaired) electrons. The molecule has 17 heavy (non-hydrogen) atoms. The third-order valence-corrected chi connectivity index (χ3v) is 3.80.